The van der Waals surface area contributed by atoms with Gasteiger partial charge in [0, 0.05) is 28.9 Å². The molecule has 0 amide bonds. The number of carboxylic acid groups (broad SMARTS) is 1. The van der Waals surface area contributed by atoms with E-state index in [1.165, 1.54) is 35.3 Å². The lowest BCUT2D eigenvalue weighted by molar-refractivity contribution is -0.132. The van der Waals surface area contributed by atoms with Crippen molar-refractivity contribution in [1.82, 2.24) is 0 Å². The minimum atomic E-state index is -1.25. The molecule has 196 valence electrons. The van der Waals surface area contributed by atoms with Gasteiger partial charge in [0.25, 0.3) is 0 Å². The molecule has 0 atom stereocenters. The number of unbranched alkanes of at least 4 members (excludes halogenated alkanes) is 1. The zero-order chi connectivity index (χ0) is 27.3. The minimum Gasteiger partial charge on any atom is -0.477 e. The Morgan fingerprint density at radius 2 is 1.89 bits per heavy atom. The molecular formula is C33H36N2O3. The summed E-state index contributed by atoms with van der Waals surface area (Å²) in [6.07, 6.45) is 12.7. The van der Waals surface area contributed by atoms with Gasteiger partial charge < -0.3 is 14.7 Å². The van der Waals surface area contributed by atoms with Crippen LogP contribution in [-0.4, -0.2) is 17.6 Å². The monoisotopic (exact) mass is 508 g/mol. The van der Waals surface area contributed by atoms with Crippen molar-refractivity contribution in [1.29, 1.82) is 5.26 Å². The number of rotatable bonds is 7. The Kier molecular flexibility index (Phi) is 8.22. The van der Waals surface area contributed by atoms with Crippen molar-refractivity contribution in [2.45, 2.75) is 59.8 Å². The van der Waals surface area contributed by atoms with Crippen molar-refractivity contribution < 1.29 is 14.6 Å². The highest BCUT2D eigenvalue weighted by atomic mass is 16.5. The quantitative estimate of drug-likeness (QED) is 0.304. The number of carboxylic acids is 1. The molecule has 2 aromatic carbocycles. The molecule has 5 nitrogen and oxygen atoms in total. The predicted molar refractivity (Wildman–Crippen MR) is 153 cm³/mol. The van der Waals surface area contributed by atoms with Gasteiger partial charge in [0.05, 0.1) is 0 Å². The van der Waals surface area contributed by atoms with E-state index in [1.807, 2.05) is 39.0 Å². The van der Waals surface area contributed by atoms with Gasteiger partial charge in [-0.1, -0.05) is 58.4 Å². The average Bonchev–Trinajstić information content (AvgIpc) is 2.90. The van der Waals surface area contributed by atoms with Gasteiger partial charge in [-0.05, 0) is 84.9 Å². The van der Waals surface area contributed by atoms with E-state index in [1.54, 1.807) is 12.2 Å². The molecule has 0 fully saturated rings. The first-order valence-electron chi connectivity index (χ1n) is 13.4. The molecule has 4 rings (SSSR count). The van der Waals surface area contributed by atoms with Crippen molar-refractivity contribution in [2.75, 3.05) is 11.4 Å². The highest BCUT2D eigenvalue weighted by Gasteiger charge is 2.25. The lowest BCUT2D eigenvalue weighted by Crippen LogP contribution is -2.24. The maximum absolute atomic E-state index is 11.6. The minimum absolute atomic E-state index is 0.298. The predicted octanol–water partition coefficient (Wildman–Crippen LogP) is 7.88. The van der Waals surface area contributed by atoms with Crippen LogP contribution in [0.1, 0.15) is 63.6 Å². The van der Waals surface area contributed by atoms with E-state index >= 15 is 0 Å². The first kappa shape index (κ1) is 27.0. The molecule has 0 bridgehead atoms. The summed E-state index contributed by atoms with van der Waals surface area (Å²) < 4.78 is 6.09. The maximum atomic E-state index is 11.6. The van der Waals surface area contributed by atoms with Crippen LogP contribution in [0.5, 0.6) is 0 Å². The summed E-state index contributed by atoms with van der Waals surface area (Å²) in [5.41, 5.74) is 5.91. The largest absolute Gasteiger partial charge is 0.477 e. The molecule has 0 saturated carbocycles. The van der Waals surface area contributed by atoms with E-state index in [2.05, 4.69) is 54.3 Å². The number of nitriles is 1. The van der Waals surface area contributed by atoms with Crippen LogP contribution in [0, 0.1) is 16.7 Å². The lowest BCUT2D eigenvalue weighted by atomic mass is 9.90. The van der Waals surface area contributed by atoms with Gasteiger partial charge in [0.1, 0.15) is 23.2 Å². The second kappa shape index (κ2) is 11.6. The van der Waals surface area contributed by atoms with Gasteiger partial charge in [-0.15, -0.1) is 0 Å². The molecule has 0 radical (unpaired) electrons. The molecule has 2 aliphatic heterocycles. The maximum Gasteiger partial charge on any atom is 0.347 e. The third kappa shape index (κ3) is 6.26. The van der Waals surface area contributed by atoms with Crippen LogP contribution in [-0.2, 0) is 22.4 Å². The summed E-state index contributed by atoms with van der Waals surface area (Å²) in [6.45, 7) is 9.19. The molecule has 38 heavy (non-hydrogen) atoms. The van der Waals surface area contributed by atoms with E-state index in [0.717, 1.165) is 31.4 Å². The highest BCUT2D eigenvalue weighted by Crippen LogP contribution is 2.36. The van der Waals surface area contributed by atoms with Gasteiger partial charge in [0.2, 0.25) is 0 Å². The van der Waals surface area contributed by atoms with Crippen molar-refractivity contribution >= 4 is 23.4 Å². The highest BCUT2D eigenvalue weighted by molar-refractivity contribution is 5.93. The molecule has 5 heteroatoms. The number of aryl methyl sites for hydroxylation is 2. The Bertz CT molecular complexity index is 1360. The SMILES string of the molecule is CCCCc1ccc(N2CCCc3cc(/C=C/C4=CC(=C(\C#N)C(=O)O)/C=C(C(C)(C)C)O4)ccc32)cc1. The zero-order valence-corrected chi connectivity index (χ0v) is 22.8. The van der Waals surface area contributed by atoms with E-state index in [-0.39, 0.29) is 11.0 Å². The number of carbonyl (C=O) groups is 1. The molecule has 2 heterocycles. The summed E-state index contributed by atoms with van der Waals surface area (Å²) in [5.74, 6) is -0.127. The molecule has 2 aromatic rings. The van der Waals surface area contributed by atoms with Crippen molar-refractivity contribution in [2.24, 2.45) is 5.41 Å². The van der Waals surface area contributed by atoms with E-state index in [0.29, 0.717) is 17.1 Å². The van der Waals surface area contributed by atoms with Gasteiger partial charge in [-0.25, -0.2) is 4.79 Å². The van der Waals surface area contributed by atoms with E-state index < -0.39 is 5.97 Å². The second-order valence-corrected chi connectivity index (χ2v) is 10.9. The van der Waals surface area contributed by atoms with Crippen molar-refractivity contribution in [3.05, 3.63) is 100 Å². The number of hydrogen-bond acceptors (Lipinski definition) is 4. The molecule has 1 N–H and O–H groups in total. The van der Waals surface area contributed by atoms with E-state index in [9.17, 15) is 15.2 Å². The number of benzene rings is 2. The third-order valence-corrected chi connectivity index (χ3v) is 6.89. The number of aliphatic carboxylic acids is 1. The van der Waals surface area contributed by atoms with Gasteiger partial charge >= 0.3 is 5.97 Å². The molecule has 0 spiro atoms. The van der Waals surface area contributed by atoms with Crippen LogP contribution in [0.15, 0.2) is 83.4 Å². The smallest absolute Gasteiger partial charge is 0.347 e. The summed E-state index contributed by atoms with van der Waals surface area (Å²) >= 11 is 0. The van der Waals surface area contributed by atoms with Gasteiger partial charge in [-0.3, -0.25) is 0 Å². The molecule has 2 aliphatic rings. The zero-order valence-electron chi connectivity index (χ0n) is 22.8. The Morgan fingerprint density at radius 1 is 1.13 bits per heavy atom. The number of fused-ring (bicyclic) bond motifs is 1. The molecular weight excluding hydrogens is 472 g/mol. The van der Waals surface area contributed by atoms with Gasteiger partial charge in [0.15, 0.2) is 0 Å². The number of allylic oxidation sites excluding steroid dienone is 5. The van der Waals surface area contributed by atoms with Crippen LogP contribution in [0.3, 0.4) is 0 Å². The standard InChI is InChI=1S/C33H36N2O3/c1-5-6-8-23-10-14-27(15-11-23)35-18-7-9-25-19-24(13-17-30(25)35)12-16-28-20-26(29(22-34)32(36)37)21-31(38-28)33(2,3)4/h10-17,19-21H,5-9,18H2,1-4H3,(H,36,37)/b16-12+,29-26-. The number of nitrogens with zero attached hydrogens (tertiary/aromatic N) is 2. The van der Waals surface area contributed by atoms with E-state index in [4.69, 9.17) is 4.74 Å². The number of anilines is 2. The fraction of sp³-hybridized carbons (Fsp3) is 0.333. The van der Waals surface area contributed by atoms with Gasteiger partial charge in [-0.2, -0.15) is 5.26 Å². The molecule has 0 unspecified atom stereocenters. The summed E-state index contributed by atoms with van der Waals surface area (Å²) in [4.78, 5) is 14.0. The van der Waals surface area contributed by atoms with Crippen LogP contribution in [0.25, 0.3) is 6.08 Å². The normalized spacial score (nSPS) is 16.8. The summed E-state index contributed by atoms with van der Waals surface area (Å²) in [7, 11) is 0. The van der Waals surface area contributed by atoms with Crippen molar-refractivity contribution in [3.63, 3.8) is 0 Å². The summed E-state index contributed by atoms with van der Waals surface area (Å²) in [5, 5.41) is 18.9. The number of ether oxygens (including phenoxy) is 1. The van der Waals surface area contributed by atoms with Crippen LogP contribution < -0.4 is 4.90 Å². The first-order valence-corrected chi connectivity index (χ1v) is 13.4. The topological polar surface area (TPSA) is 73.6 Å². The number of hydrogen-bond donors (Lipinski definition) is 1. The van der Waals surface area contributed by atoms with Crippen molar-refractivity contribution in [3.8, 4) is 6.07 Å². The first-order chi connectivity index (χ1) is 18.2. The molecule has 0 saturated heterocycles. The molecule has 0 aliphatic carbocycles. The third-order valence-electron chi connectivity index (χ3n) is 6.89. The van der Waals surface area contributed by atoms with Crippen LogP contribution in [0.2, 0.25) is 0 Å². The van der Waals surface area contributed by atoms with Crippen LogP contribution in [0.4, 0.5) is 11.4 Å². The fourth-order valence-electron chi connectivity index (χ4n) is 4.74. The Hall–Kier alpha value is -4.04. The molecule has 0 aromatic heterocycles. The van der Waals surface area contributed by atoms with Crippen LogP contribution >= 0.6 is 0 Å². The average molecular weight is 509 g/mol. The Labute approximate surface area is 226 Å². The fourth-order valence-corrected chi connectivity index (χ4v) is 4.74. The lowest BCUT2D eigenvalue weighted by Gasteiger charge is -2.32. The Morgan fingerprint density at radius 3 is 2.55 bits per heavy atom. The summed E-state index contributed by atoms with van der Waals surface area (Å²) in [6, 6.07) is 17.3. The Balaban J connectivity index is 1.58. The second-order valence-electron chi connectivity index (χ2n) is 10.9.